The number of nitrogens with one attached hydrogen (secondary N) is 2. The number of nitrogens with zero attached hydrogens (tertiary/aromatic N) is 2. The zero-order chi connectivity index (χ0) is 62.5. The lowest BCUT2D eigenvalue weighted by Crippen LogP contribution is -2.36. The molecule has 5 saturated heterocycles. The van der Waals surface area contributed by atoms with Crippen LogP contribution in [-0.2, 0) is 33.8 Å². The lowest BCUT2D eigenvalue weighted by molar-refractivity contribution is -0.191. The van der Waals surface area contributed by atoms with E-state index in [1.54, 1.807) is 13.8 Å². The second kappa shape index (κ2) is 45.2. The highest BCUT2D eigenvalue weighted by Crippen LogP contribution is 2.46. The fourth-order valence-corrected chi connectivity index (χ4v) is 13.0. The van der Waals surface area contributed by atoms with Crippen LogP contribution in [0.5, 0.6) is 0 Å². The Hall–Kier alpha value is -2.22. The third-order valence-corrected chi connectivity index (χ3v) is 19.8. The van der Waals surface area contributed by atoms with E-state index in [0.29, 0.717) is 47.3 Å². The molecule has 4 N–H and O–H groups in total. The van der Waals surface area contributed by atoms with Crippen molar-refractivity contribution in [3.8, 4) is 0 Å². The molecular formula is C66H132N4O9S. The van der Waals surface area contributed by atoms with Gasteiger partial charge in [-0.1, -0.05) is 150 Å². The average Bonchev–Trinajstić information content (AvgIpc) is 4.17. The standard InChI is InChI=1S/C9H17NO.C8H17N.C8H16.C7H15NO.C7H15N.C7H14O2S.C7H14O.C7H14.C5H10O2.CO2/c1-7(2)9-5-4-6-10(9)8(3)11;1-6(2)8-4-7(3)5-9-8;1-7(2)8(3)5-4-6-8;1-5(2)7-6(9)3-4-8-7;1-7(2)8-5-3-4-6-8;1-6(2)7-4-3-5-10(7,8)9;1-6(2)4-5-7(3)8;1-6(2)7-4-3-5-7;1-4(2)3-5(6)7;2-1-3/h7,9H,4-6H2,1-3H3;6-9H,4-5H2,1-3H3;7H,4-6H2,1-3H3;5-9H,3-4H2,1-2H3;7H,3-6H2,1-2H3;6-7H,3-5H2,1-2H3;6H,4-5H2,1-3H3;6-7H,3-5H2,1-2H3;4H,3H2,1-2H3,(H,6,7);. The van der Waals surface area contributed by atoms with Gasteiger partial charge in [0.05, 0.1) is 17.1 Å². The molecule has 5 aliphatic heterocycles. The number of aliphatic hydroxyl groups is 1. The van der Waals surface area contributed by atoms with E-state index >= 15 is 0 Å². The van der Waals surface area contributed by atoms with Gasteiger partial charge in [-0.05, 0) is 182 Å². The summed E-state index contributed by atoms with van der Waals surface area (Å²) in [4.78, 5) is 52.0. The van der Waals surface area contributed by atoms with Crippen LogP contribution in [0.2, 0.25) is 0 Å². The molecule has 0 aromatic carbocycles. The largest absolute Gasteiger partial charge is 0.481 e. The van der Waals surface area contributed by atoms with E-state index in [-0.39, 0.29) is 35.8 Å². The molecule has 0 radical (unpaired) electrons. The predicted molar refractivity (Wildman–Crippen MR) is 336 cm³/mol. The summed E-state index contributed by atoms with van der Waals surface area (Å²) in [7, 11) is -2.69. The number of aliphatic carboxylic acids is 1. The lowest BCUT2D eigenvalue weighted by Gasteiger charge is -2.42. The number of sulfone groups is 1. The zero-order valence-corrected chi connectivity index (χ0v) is 56.9. The van der Waals surface area contributed by atoms with Gasteiger partial charge in [0.2, 0.25) is 5.91 Å². The number of carboxylic acid groups (broad SMARTS) is 1. The number of aliphatic hydroxyl groups excluding tert-OH is 1. The van der Waals surface area contributed by atoms with Crippen molar-refractivity contribution in [3.05, 3.63) is 0 Å². The average molecular weight is 1160 g/mol. The van der Waals surface area contributed by atoms with Crippen LogP contribution < -0.4 is 10.6 Å². The van der Waals surface area contributed by atoms with Crippen molar-refractivity contribution in [1.82, 2.24) is 20.4 Å². The molecular weight excluding hydrogens is 1020 g/mol. The first-order valence-electron chi connectivity index (χ1n) is 32.1. The lowest BCUT2D eigenvalue weighted by atomic mass is 9.64. The first-order valence-corrected chi connectivity index (χ1v) is 33.8. The quantitative estimate of drug-likeness (QED) is 0.145. The summed E-state index contributed by atoms with van der Waals surface area (Å²) in [6.07, 6.45) is 20.3. The minimum absolute atomic E-state index is 0.0486. The summed E-state index contributed by atoms with van der Waals surface area (Å²) in [6, 6.07) is 2.41. The van der Waals surface area contributed by atoms with Crippen LogP contribution in [0.25, 0.3) is 0 Å². The highest BCUT2D eigenvalue weighted by Gasteiger charge is 2.35. The van der Waals surface area contributed by atoms with Gasteiger partial charge in [0.1, 0.15) is 5.78 Å². The highest BCUT2D eigenvalue weighted by atomic mass is 32.2. The van der Waals surface area contributed by atoms with Crippen molar-refractivity contribution < 1.29 is 42.6 Å². The molecule has 6 atom stereocenters. The summed E-state index contributed by atoms with van der Waals surface area (Å²) in [5, 5.41) is 24.1. The normalized spacial score (nSPS) is 24.2. The Kier molecular flexibility index (Phi) is 46.3. The SMILES string of the molecule is CC(=O)CCC(C)C.CC(=O)N1CCCC1C(C)C.CC(C)C1(C)CCC1.CC(C)C1CCC1.CC(C)C1CCCS1(=O)=O.CC(C)C1NCCC1O.CC(C)CC(=O)O.CC(C)N1CCCC1.CC1CNC(C(C)C)C1.O=C=O. The molecule has 2 aliphatic carbocycles. The van der Waals surface area contributed by atoms with Gasteiger partial charge in [-0.2, -0.15) is 9.59 Å². The van der Waals surface area contributed by atoms with E-state index in [2.05, 4.69) is 126 Å². The van der Waals surface area contributed by atoms with E-state index in [0.717, 1.165) is 92.3 Å². The Morgan fingerprint density at radius 2 is 1.21 bits per heavy atom. The van der Waals surface area contributed by atoms with Crippen LogP contribution in [0.3, 0.4) is 0 Å². The number of hydrogen-bond acceptors (Lipinski definition) is 11. The molecule has 1 amide bonds. The fraction of sp³-hybridized carbons (Fsp3) is 0.939. The van der Waals surface area contributed by atoms with E-state index in [1.165, 1.54) is 90.3 Å². The highest BCUT2D eigenvalue weighted by molar-refractivity contribution is 7.92. The summed E-state index contributed by atoms with van der Waals surface area (Å²) in [6.45, 7) is 52.9. The van der Waals surface area contributed by atoms with Crippen LogP contribution in [0.15, 0.2) is 0 Å². The molecule has 5 heterocycles. The number of amides is 1. The van der Waals surface area contributed by atoms with Gasteiger partial charge in [-0.15, -0.1) is 0 Å². The molecule has 6 unspecified atom stereocenters. The second-order valence-electron chi connectivity index (χ2n) is 27.8. The minimum Gasteiger partial charge on any atom is -0.481 e. The maximum absolute atomic E-state index is 11.2. The zero-order valence-electron chi connectivity index (χ0n) is 56.1. The van der Waals surface area contributed by atoms with Gasteiger partial charge in [0.25, 0.3) is 0 Å². The number of likely N-dealkylation sites (tertiary alicyclic amines) is 2. The van der Waals surface area contributed by atoms with Gasteiger partial charge >= 0.3 is 12.1 Å². The number of carbonyl (C=O) groups excluding carboxylic acids is 4. The summed E-state index contributed by atoms with van der Waals surface area (Å²) >= 11 is 0. The minimum atomic E-state index is -2.69. The van der Waals surface area contributed by atoms with Gasteiger partial charge < -0.3 is 35.4 Å². The molecule has 0 spiro atoms. The van der Waals surface area contributed by atoms with Gasteiger partial charge in [-0.25, -0.2) is 8.42 Å². The van der Waals surface area contributed by atoms with Crippen LogP contribution in [-0.4, -0.2) is 126 Å². The fourth-order valence-electron chi connectivity index (χ4n) is 10.8. The molecule has 476 valence electrons. The molecule has 0 bridgehead atoms. The third kappa shape index (κ3) is 39.3. The molecule has 14 heteroatoms. The van der Waals surface area contributed by atoms with E-state index < -0.39 is 15.8 Å². The third-order valence-electron chi connectivity index (χ3n) is 17.2. The monoisotopic (exact) mass is 1160 g/mol. The van der Waals surface area contributed by atoms with Gasteiger partial charge in [0, 0.05) is 50.5 Å². The van der Waals surface area contributed by atoms with E-state index in [4.69, 9.17) is 14.7 Å². The number of rotatable bonds is 12. The number of Topliss-reactive ketones (excluding diaryl/α,β-unsaturated/α-hetero) is 1. The summed E-state index contributed by atoms with van der Waals surface area (Å²) in [5.41, 5.74) is 0.722. The predicted octanol–water partition coefficient (Wildman–Crippen LogP) is 14.2. The molecule has 2 saturated carbocycles. The Bertz CT molecular complexity index is 1710. The molecule has 7 rings (SSSR count). The summed E-state index contributed by atoms with van der Waals surface area (Å²) in [5.74, 6) is 7.30. The first-order chi connectivity index (χ1) is 37.0. The molecule has 13 nitrogen and oxygen atoms in total. The number of hydrogen-bond donors (Lipinski definition) is 4. The molecule has 7 fully saturated rings. The maximum atomic E-state index is 11.2. The Labute approximate surface area is 494 Å². The van der Waals surface area contributed by atoms with Crippen LogP contribution >= 0.6 is 0 Å². The van der Waals surface area contributed by atoms with E-state index in [1.807, 2.05) is 32.6 Å². The molecule has 0 aromatic heterocycles. The van der Waals surface area contributed by atoms with Gasteiger partial charge in [-0.3, -0.25) is 9.59 Å². The summed E-state index contributed by atoms with van der Waals surface area (Å²) < 4.78 is 22.4. The smallest absolute Gasteiger partial charge is 0.373 e. The van der Waals surface area contributed by atoms with Crippen molar-refractivity contribution in [3.63, 3.8) is 0 Å². The van der Waals surface area contributed by atoms with Crippen molar-refractivity contribution in [2.75, 3.05) is 38.5 Å². The van der Waals surface area contributed by atoms with E-state index in [9.17, 15) is 27.9 Å². The van der Waals surface area contributed by atoms with Gasteiger partial charge in [0.15, 0.2) is 9.84 Å². The Morgan fingerprint density at radius 1 is 0.662 bits per heavy atom. The van der Waals surface area contributed by atoms with Crippen LogP contribution in [0.4, 0.5) is 0 Å². The topological polar surface area (TPSA) is 190 Å². The van der Waals surface area contributed by atoms with Crippen LogP contribution in [0.1, 0.15) is 261 Å². The number of ketones is 1. The van der Waals surface area contributed by atoms with Crippen molar-refractivity contribution in [2.24, 2.45) is 64.6 Å². The molecule has 7 aliphatic rings. The number of carboxylic acids is 1. The first kappa shape index (κ1) is 82.0. The van der Waals surface area contributed by atoms with Crippen molar-refractivity contribution in [2.45, 2.75) is 297 Å². The Balaban J connectivity index is -0.000000831. The van der Waals surface area contributed by atoms with Crippen molar-refractivity contribution >= 4 is 33.6 Å². The molecule has 80 heavy (non-hydrogen) atoms. The number of carbonyl (C=O) groups is 3. The van der Waals surface area contributed by atoms with Crippen LogP contribution in [0, 0.1) is 64.6 Å². The Morgan fingerprint density at radius 3 is 1.38 bits per heavy atom. The molecule has 0 aromatic rings. The van der Waals surface area contributed by atoms with Crippen molar-refractivity contribution in [1.29, 1.82) is 0 Å². The second-order valence-corrected chi connectivity index (χ2v) is 30.1. The maximum Gasteiger partial charge on any atom is 0.373 e.